The van der Waals surface area contributed by atoms with E-state index in [0.717, 1.165) is 28.0 Å². The minimum atomic E-state index is -0.534. The monoisotopic (exact) mass is 369 g/mol. The summed E-state index contributed by atoms with van der Waals surface area (Å²) >= 11 is 0. The molecule has 0 saturated heterocycles. The topological polar surface area (TPSA) is 70.7 Å². The van der Waals surface area contributed by atoms with Gasteiger partial charge in [0.05, 0.1) is 13.7 Å². The molecule has 6 nitrogen and oxygen atoms in total. The van der Waals surface area contributed by atoms with E-state index in [1.807, 2.05) is 69.1 Å². The van der Waals surface area contributed by atoms with Crippen molar-refractivity contribution in [3.8, 4) is 5.75 Å². The molecule has 2 rings (SSSR count). The lowest BCUT2D eigenvalue weighted by Gasteiger charge is -2.18. The minimum absolute atomic E-state index is 0.0946. The van der Waals surface area contributed by atoms with Crippen molar-refractivity contribution in [2.24, 2.45) is 0 Å². The molecule has 27 heavy (non-hydrogen) atoms. The van der Waals surface area contributed by atoms with E-state index in [1.165, 1.54) is 0 Å². The van der Waals surface area contributed by atoms with E-state index in [1.54, 1.807) is 7.11 Å². The second-order valence-electron chi connectivity index (χ2n) is 6.81. The zero-order chi connectivity index (χ0) is 20.0. The minimum Gasteiger partial charge on any atom is -0.496 e. The molecule has 2 aromatic carbocycles. The lowest BCUT2D eigenvalue weighted by atomic mass is 10.1. The maximum atomic E-state index is 12.2. The number of anilines is 1. The fraction of sp³-hybridized carbons (Fsp3) is 0.333. The van der Waals surface area contributed by atoms with Crippen LogP contribution in [0.25, 0.3) is 0 Å². The number of urea groups is 1. The van der Waals surface area contributed by atoms with Crippen LogP contribution in [-0.4, -0.2) is 37.5 Å². The molecule has 0 unspecified atom stereocenters. The number of aryl methyl sites for hydroxylation is 3. The van der Waals surface area contributed by atoms with Gasteiger partial charge in [0.1, 0.15) is 5.75 Å². The van der Waals surface area contributed by atoms with E-state index in [4.69, 9.17) is 4.74 Å². The molecule has 0 bridgehead atoms. The molecule has 0 spiro atoms. The number of hydrogen-bond donors (Lipinski definition) is 2. The van der Waals surface area contributed by atoms with Gasteiger partial charge in [-0.05, 0) is 45.5 Å². The smallest absolute Gasteiger partial charge is 0.325 e. The molecule has 0 atom stereocenters. The number of amides is 3. The second-order valence-corrected chi connectivity index (χ2v) is 6.81. The zero-order valence-corrected chi connectivity index (χ0v) is 16.6. The number of ether oxygens (including phenoxy) is 1. The first-order valence-corrected chi connectivity index (χ1v) is 8.78. The second kappa shape index (κ2) is 9.19. The predicted octanol–water partition coefficient (Wildman–Crippen LogP) is 3.40. The number of benzene rings is 2. The van der Waals surface area contributed by atoms with E-state index in [2.05, 4.69) is 10.6 Å². The number of hydrogen-bond acceptors (Lipinski definition) is 4. The highest BCUT2D eigenvalue weighted by Crippen LogP contribution is 2.21. The zero-order valence-electron chi connectivity index (χ0n) is 16.6. The Kier molecular flexibility index (Phi) is 6.96. The Hall–Kier alpha value is -2.86. The van der Waals surface area contributed by atoms with E-state index < -0.39 is 6.03 Å². The van der Waals surface area contributed by atoms with Gasteiger partial charge in [-0.2, -0.15) is 0 Å². The van der Waals surface area contributed by atoms with Gasteiger partial charge in [0, 0.05) is 17.8 Å². The van der Waals surface area contributed by atoms with Gasteiger partial charge in [0.25, 0.3) is 0 Å². The van der Waals surface area contributed by atoms with E-state index in [0.29, 0.717) is 12.2 Å². The van der Waals surface area contributed by atoms with E-state index >= 15 is 0 Å². The molecule has 6 heteroatoms. The summed E-state index contributed by atoms with van der Waals surface area (Å²) < 4.78 is 5.37. The van der Waals surface area contributed by atoms with Crippen LogP contribution in [0, 0.1) is 20.8 Å². The van der Waals surface area contributed by atoms with Crippen LogP contribution in [0.2, 0.25) is 0 Å². The SMILES string of the molecule is COc1ccc(C)cc1CN(C)CC(=O)NC(=O)Nc1ccc(C)cc1C. The molecular weight excluding hydrogens is 342 g/mol. The first kappa shape index (κ1) is 20.5. The fourth-order valence-corrected chi connectivity index (χ4v) is 2.90. The summed E-state index contributed by atoms with van der Waals surface area (Å²) in [5, 5.41) is 5.07. The Bertz CT molecular complexity index is 833. The van der Waals surface area contributed by atoms with Crippen molar-refractivity contribution in [1.29, 1.82) is 0 Å². The summed E-state index contributed by atoms with van der Waals surface area (Å²) in [5.41, 5.74) is 4.86. The van der Waals surface area contributed by atoms with Gasteiger partial charge in [-0.15, -0.1) is 0 Å². The number of nitrogens with one attached hydrogen (secondary N) is 2. The van der Waals surface area contributed by atoms with Crippen LogP contribution in [0.4, 0.5) is 10.5 Å². The van der Waals surface area contributed by atoms with Crippen molar-refractivity contribution in [2.45, 2.75) is 27.3 Å². The van der Waals surface area contributed by atoms with Gasteiger partial charge in [0.2, 0.25) is 5.91 Å². The van der Waals surface area contributed by atoms with Crippen molar-refractivity contribution >= 4 is 17.6 Å². The number of methoxy groups -OCH3 is 1. The largest absolute Gasteiger partial charge is 0.496 e. The molecule has 0 aromatic heterocycles. The lowest BCUT2D eigenvalue weighted by Crippen LogP contribution is -2.40. The van der Waals surface area contributed by atoms with Gasteiger partial charge in [-0.3, -0.25) is 15.0 Å². The van der Waals surface area contributed by atoms with Gasteiger partial charge >= 0.3 is 6.03 Å². The Balaban J connectivity index is 1.89. The third-order valence-corrected chi connectivity index (χ3v) is 4.17. The number of likely N-dealkylation sites (N-methyl/N-ethyl adjacent to an activating group) is 1. The highest BCUT2D eigenvalue weighted by molar-refractivity contribution is 6.02. The van der Waals surface area contributed by atoms with Crippen molar-refractivity contribution in [2.75, 3.05) is 26.0 Å². The third-order valence-electron chi connectivity index (χ3n) is 4.17. The van der Waals surface area contributed by atoms with E-state index in [-0.39, 0.29) is 12.5 Å². The lowest BCUT2D eigenvalue weighted by molar-refractivity contribution is -0.120. The average Bonchev–Trinajstić information content (AvgIpc) is 2.57. The Morgan fingerprint density at radius 1 is 1.04 bits per heavy atom. The fourth-order valence-electron chi connectivity index (χ4n) is 2.90. The van der Waals surface area contributed by atoms with Crippen molar-refractivity contribution in [3.63, 3.8) is 0 Å². The summed E-state index contributed by atoms with van der Waals surface area (Å²) in [6.07, 6.45) is 0. The number of carbonyl (C=O) groups is 2. The summed E-state index contributed by atoms with van der Waals surface area (Å²) in [4.78, 5) is 26.1. The summed E-state index contributed by atoms with van der Waals surface area (Å²) in [6.45, 7) is 6.54. The summed E-state index contributed by atoms with van der Waals surface area (Å²) in [5.74, 6) is 0.409. The Morgan fingerprint density at radius 3 is 2.37 bits per heavy atom. The third kappa shape index (κ3) is 6.11. The molecule has 0 aliphatic rings. The molecule has 0 radical (unpaired) electrons. The molecule has 0 aliphatic carbocycles. The van der Waals surface area contributed by atoms with Crippen LogP contribution in [0.3, 0.4) is 0 Å². The maximum Gasteiger partial charge on any atom is 0.325 e. The quantitative estimate of drug-likeness (QED) is 0.819. The van der Waals surface area contributed by atoms with Gasteiger partial charge in [-0.25, -0.2) is 4.79 Å². The number of nitrogens with zero attached hydrogens (tertiary/aromatic N) is 1. The molecular formula is C21H27N3O3. The number of rotatable bonds is 6. The van der Waals surface area contributed by atoms with Crippen molar-refractivity contribution in [1.82, 2.24) is 10.2 Å². The Morgan fingerprint density at radius 2 is 1.70 bits per heavy atom. The molecule has 0 saturated carbocycles. The predicted molar refractivity (Wildman–Crippen MR) is 107 cm³/mol. The first-order chi connectivity index (χ1) is 12.8. The standard InChI is InChI=1S/C21H27N3O3/c1-14-6-8-18(16(3)10-14)22-21(26)23-20(25)13-24(4)12-17-11-15(2)7-9-19(17)27-5/h6-11H,12-13H2,1-5H3,(H2,22,23,25,26). The molecule has 0 heterocycles. The van der Waals surface area contributed by atoms with Crippen LogP contribution in [0.5, 0.6) is 5.75 Å². The highest BCUT2D eigenvalue weighted by Gasteiger charge is 2.13. The van der Waals surface area contributed by atoms with Gasteiger partial charge < -0.3 is 10.1 Å². The average molecular weight is 369 g/mol. The first-order valence-electron chi connectivity index (χ1n) is 8.78. The number of carbonyl (C=O) groups excluding carboxylic acids is 2. The molecule has 2 aromatic rings. The van der Waals surface area contributed by atoms with Crippen LogP contribution in [0.1, 0.15) is 22.3 Å². The molecule has 0 fully saturated rings. The molecule has 144 valence electrons. The van der Waals surface area contributed by atoms with Crippen molar-refractivity contribution < 1.29 is 14.3 Å². The van der Waals surface area contributed by atoms with Gasteiger partial charge in [0.15, 0.2) is 0 Å². The molecule has 0 aliphatic heterocycles. The van der Waals surface area contributed by atoms with Crippen molar-refractivity contribution in [3.05, 3.63) is 58.7 Å². The van der Waals surface area contributed by atoms with Crippen LogP contribution in [0.15, 0.2) is 36.4 Å². The van der Waals surface area contributed by atoms with Gasteiger partial charge in [-0.1, -0.05) is 35.4 Å². The molecule has 3 amide bonds. The summed E-state index contributed by atoms with van der Waals surface area (Å²) in [6, 6.07) is 11.1. The van der Waals surface area contributed by atoms with Crippen LogP contribution >= 0.6 is 0 Å². The number of imide groups is 1. The normalized spacial score (nSPS) is 10.6. The van der Waals surface area contributed by atoms with E-state index in [9.17, 15) is 9.59 Å². The maximum absolute atomic E-state index is 12.2. The highest BCUT2D eigenvalue weighted by atomic mass is 16.5. The molecule has 2 N–H and O–H groups in total. The Labute approximate surface area is 160 Å². The van der Waals surface area contributed by atoms with Crippen LogP contribution < -0.4 is 15.4 Å². The van der Waals surface area contributed by atoms with Crippen LogP contribution in [-0.2, 0) is 11.3 Å². The summed E-state index contributed by atoms with van der Waals surface area (Å²) in [7, 11) is 3.45.